The molecule has 0 aliphatic heterocycles. The van der Waals surface area contributed by atoms with Crippen molar-refractivity contribution in [3.05, 3.63) is 0 Å². The first kappa shape index (κ1) is 18.1. The minimum absolute atomic E-state index is 0.231. The molecular formula is C13H24O5S. The van der Waals surface area contributed by atoms with Gasteiger partial charge in [0.2, 0.25) is 0 Å². The lowest BCUT2D eigenvalue weighted by molar-refractivity contribution is -0.157. The van der Waals surface area contributed by atoms with Gasteiger partial charge in [0.15, 0.2) is 15.6 Å². The third-order valence-corrected chi connectivity index (χ3v) is 6.08. The maximum atomic E-state index is 12.3. The molecular weight excluding hydrogens is 268 g/mol. The Balaban J connectivity index is 5.45. The summed E-state index contributed by atoms with van der Waals surface area (Å²) in [5.74, 6) is -1.88. The van der Waals surface area contributed by atoms with Gasteiger partial charge in [-0.25, -0.2) is 8.42 Å². The van der Waals surface area contributed by atoms with Crippen LogP contribution in [0.3, 0.4) is 0 Å². The quantitative estimate of drug-likeness (QED) is 0.550. The van der Waals surface area contributed by atoms with Gasteiger partial charge in [-0.05, 0) is 33.6 Å². The second-order valence-electron chi connectivity index (χ2n) is 5.58. The van der Waals surface area contributed by atoms with E-state index in [1.165, 1.54) is 27.9 Å². The van der Waals surface area contributed by atoms with E-state index in [1.807, 2.05) is 0 Å². The number of hydrogen-bond donors (Lipinski definition) is 0. The number of ether oxygens (including phenoxy) is 1. The fourth-order valence-corrected chi connectivity index (χ4v) is 2.82. The summed E-state index contributed by atoms with van der Waals surface area (Å²) in [6.07, 6.45) is 0.462. The molecule has 0 rings (SSSR count). The molecule has 0 aromatic rings. The van der Waals surface area contributed by atoms with Crippen LogP contribution in [-0.2, 0) is 24.2 Å². The molecule has 0 saturated carbocycles. The lowest BCUT2D eigenvalue weighted by Crippen LogP contribution is -2.45. The van der Waals surface area contributed by atoms with Gasteiger partial charge in [-0.2, -0.15) is 0 Å². The van der Waals surface area contributed by atoms with Crippen LogP contribution in [0.2, 0.25) is 0 Å². The fraction of sp³-hybridized carbons (Fsp3) is 0.846. The predicted octanol–water partition coefficient (Wildman–Crippen LogP) is 1.75. The molecule has 0 atom stereocenters. The summed E-state index contributed by atoms with van der Waals surface area (Å²) >= 11 is 0. The Hall–Kier alpha value is -0.910. The first-order valence-corrected chi connectivity index (χ1v) is 7.97. The zero-order chi connectivity index (χ0) is 15.5. The lowest BCUT2D eigenvalue weighted by Gasteiger charge is -2.28. The van der Waals surface area contributed by atoms with E-state index in [0.29, 0.717) is 0 Å². The zero-order valence-corrected chi connectivity index (χ0v) is 13.4. The summed E-state index contributed by atoms with van der Waals surface area (Å²) in [6, 6.07) is 0. The van der Waals surface area contributed by atoms with Crippen LogP contribution >= 0.6 is 0 Å². The van der Waals surface area contributed by atoms with Crippen molar-refractivity contribution in [2.75, 3.05) is 12.9 Å². The van der Waals surface area contributed by atoms with Gasteiger partial charge in [-0.1, -0.05) is 13.8 Å². The highest BCUT2D eigenvalue weighted by Gasteiger charge is 2.46. The standard InChI is InChI=1S/C13H24O5S/c1-7-13(8-2,11(15)18-6)10(14)9-19(16,17)12(3,4)5/h7-9H2,1-6H3. The van der Waals surface area contributed by atoms with Crippen molar-refractivity contribution in [1.29, 1.82) is 0 Å². The van der Waals surface area contributed by atoms with Crippen LogP contribution in [0.15, 0.2) is 0 Å². The van der Waals surface area contributed by atoms with Crippen LogP contribution in [0.5, 0.6) is 0 Å². The Kier molecular flexibility index (Phi) is 5.74. The lowest BCUT2D eigenvalue weighted by atomic mass is 9.79. The molecule has 0 amide bonds. The largest absolute Gasteiger partial charge is 0.468 e. The zero-order valence-electron chi connectivity index (χ0n) is 12.6. The molecule has 5 nitrogen and oxygen atoms in total. The van der Waals surface area contributed by atoms with Gasteiger partial charge in [0.05, 0.1) is 11.9 Å². The van der Waals surface area contributed by atoms with E-state index in [9.17, 15) is 18.0 Å². The summed E-state index contributed by atoms with van der Waals surface area (Å²) in [4.78, 5) is 24.1. The maximum Gasteiger partial charge on any atom is 0.319 e. The minimum atomic E-state index is -3.60. The summed E-state index contributed by atoms with van der Waals surface area (Å²) in [5, 5.41) is 0. The van der Waals surface area contributed by atoms with E-state index >= 15 is 0 Å². The van der Waals surface area contributed by atoms with Gasteiger partial charge >= 0.3 is 5.97 Å². The molecule has 0 aromatic carbocycles. The van der Waals surface area contributed by atoms with Crippen molar-refractivity contribution in [2.45, 2.75) is 52.2 Å². The fourth-order valence-electron chi connectivity index (χ4n) is 1.77. The van der Waals surface area contributed by atoms with Gasteiger partial charge in [-0.15, -0.1) is 0 Å². The molecule has 112 valence electrons. The van der Waals surface area contributed by atoms with Crippen LogP contribution < -0.4 is 0 Å². The van der Waals surface area contributed by atoms with E-state index in [1.54, 1.807) is 13.8 Å². The van der Waals surface area contributed by atoms with Crippen LogP contribution in [-0.4, -0.2) is 37.8 Å². The second kappa shape index (κ2) is 6.03. The molecule has 0 aliphatic rings. The third-order valence-electron chi connectivity index (χ3n) is 3.57. The first-order valence-electron chi connectivity index (χ1n) is 6.32. The number of carbonyl (C=O) groups is 2. The van der Waals surface area contributed by atoms with Gasteiger partial charge in [0, 0.05) is 0 Å². The van der Waals surface area contributed by atoms with Crippen molar-refractivity contribution >= 4 is 21.6 Å². The number of Topliss-reactive ketones (excluding diaryl/α,β-unsaturated/α-hetero) is 1. The number of ketones is 1. The van der Waals surface area contributed by atoms with Crippen molar-refractivity contribution in [2.24, 2.45) is 5.41 Å². The van der Waals surface area contributed by atoms with Crippen molar-refractivity contribution in [3.63, 3.8) is 0 Å². The van der Waals surface area contributed by atoms with Gasteiger partial charge in [-0.3, -0.25) is 9.59 Å². The third kappa shape index (κ3) is 3.55. The van der Waals surface area contributed by atoms with E-state index in [2.05, 4.69) is 4.74 Å². The van der Waals surface area contributed by atoms with E-state index in [4.69, 9.17) is 0 Å². The van der Waals surface area contributed by atoms with E-state index < -0.39 is 37.5 Å². The average molecular weight is 292 g/mol. The Morgan fingerprint density at radius 3 is 1.74 bits per heavy atom. The number of methoxy groups -OCH3 is 1. The molecule has 0 radical (unpaired) electrons. The molecule has 19 heavy (non-hydrogen) atoms. The highest BCUT2D eigenvalue weighted by Crippen LogP contribution is 2.31. The molecule has 0 fully saturated rings. The van der Waals surface area contributed by atoms with Crippen LogP contribution in [0.25, 0.3) is 0 Å². The summed E-state index contributed by atoms with van der Waals surface area (Å²) in [5.41, 5.74) is -1.35. The van der Waals surface area contributed by atoms with Crippen molar-refractivity contribution < 1.29 is 22.7 Å². The molecule has 0 aromatic heterocycles. The van der Waals surface area contributed by atoms with Gasteiger partial charge in [0.1, 0.15) is 11.2 Å². The maximum absolute atomic E-state index is 12.3. The SMILES string of the molecule is CCC(CC)(C(=O)CS(=O)(=O)C(C)(C)C)C(=O)OC. The molecule has 0 bridgehead atoms. The Bertz CT molecular complexity index is 438. The van der Waals surface area contributed by atoms with Crippen LogP contribution in [0, 0.1) is 5.41 Å². The summed E-state index contributed by atoms with van der Waals surface area (Å²) in [6.45, 7) is 7.97. The summed E-state index contributed by atoms with van der Waals surface area (Å²) < 4.78 is 27.8. The molecule has 0 saturated heterocycles. The number of rotatable bonds is 6. The average Bonchev–Trinajstić information content (AvgIpc) is 2.28. The number of carbonyl (C=O) groups excluding carboxylic acids is 2. The first-order chi connectivity index (χ1) is 8.48. The molecule has 0 spiro atoms. The van der Waals surface area contributed by atoms with E-state index in [-0.39, 0.29) is 12.8 Å². The van der Waals surface area contributed by atoms with E-state index in [0.717, 1.165) is 0 Å². The molecule has 6 heteroatoms. The molecule has 0 heterocycles. The topological polar surface area (TPSA) is 77.5 Å². The normalized spacial score (nSPS) is 13.2. The molecule has 0 N–H and O–H groups in total. The Morgan fingerprint density at radius 1 is 1.05 bits per heavy atom. The number of sulfone groups is 1. The molecule has 0 aliphatic carbocycles. The highest BCUT2D eigenvalue weighted by atomic mass is 32.2. The Morgan fingerprint density at radius 2 is 1.47 bits per heavy atom. The highest BCUT2D eigenvalue weighted by molar-refractivity contribution is 7.93. The minimum Gasteiger partial charge on any atom is -0.468 e. The van der Waals surface area contributed by atoms with Gasteiger partial charge in [0.25, 0.3) is 0 Å². The predicted molar refractivity (Wildman–Crippen MR) is 73.6 cm³/mol. The van der Waals surface area contributed by atoms with Crippen molar-refractivity contribution in [3.8, 4) is 0 Å². The number of hydrogen-bond acceptors (Lipinski definition) is 5. The number of esters is 1. The molecule has 0 unspecified atom stereocenters. The van der Waals surface area contributed by atoms with Crippen LogP contribution in [0.4, 0.5) is 0 Å². The van der Waals surface area contributed by atoms with Crippen molar-refractivity contribution in [1.82, 2.24) is 0 Å². The van der Waals surface area contributed by atoms with Gasteiger partial charge < -0.3 is 4.74 Å². The van der Waals surface area contributed by atoms with Crippen LogP contribution in [0.1, 0.15) is 47.5 Å². The Labute approximate surface area is 115 Å². The second-order valence-corrected chi connectivity index (χ2v) is 8.32. The monoisotopic (exact) mass is 292 g/mol. The smallest absolute Gasteiger partial charge is 0.319 e. The summed E-state index contributed by atoms with van der Waals surface area (Å²) in [7, 11) is -2.40.